The fraction of sp³-hybridized carbons (Fsp3) is 0.250. The molecule has 3 aromatic rings. The van der Waals surface area contributed by atoms with Crippen molar-refractivity contribution in [1.82, 2.24) is 9.97 Å². The van der Waals surface area contributed by atoms with Crippen LogP contribution in [0.4, 0.5) is 0 Å². The number of hydrogen-bond acceptors (Lipinski definition) is 5. The minimum Gasteiger partial charge on any atom is -0.504 e. The summed E-state index contributed by atoms with van der Waals surface area (Å²) in [6, 6.07) is 18.3. The Morgan fingerprint density at radius 1 is 1.00 bits per heavy atom. The number of aldehydes is 1. The van der Waals surface area contributed by atoms with Crippen LogP contribution in [-0.2, 0) is 17.6 Å². The summed E-state index contributed by atoms with van der Waals surface area (Å²) < 4.78 is 0. The average molecular weight is 388 g/mol. The highest BCUT2D eigenvalue weighted by Gasteiger charge is 2.18. The van der Waals surface area contributed by atoms with Gasteiger partial charge >= 0.3 is 0 Å². The molecule has 3 rings (SSSR count). The molecule has 0 saturated carbocycles. The van der Waals surface area contributed by atoms with Crippen molar-refractivity contribution in [1.29, 1.82) is 0 Å². The minimum absolute atomic E-state index is 0.0543. The first-order valence-corrected chi connectivity index (χ1v) is 9.82. The number of Topliss-reactive ketones (excluding diaryl/α,β-unsaturated/α-hetero) is 1. The Morgan fingerprint density at radius 2 is 1.69 bits per heavy atom. The van der Waals surface area contributed by atoms with E-state index in [1.165, 1.54) is 0 Å². The zero-order valence-corrected chi connectivity index (χ0v) is 16.5. The van der Waals surface area contributed by atoms with Crippen LogP contribution in [-0.4, -0.2) is 27.1 Å². The lowest BCUT2D eigenvalue weighted by Gasteiger charge is -2.10. The Balaban J connectivity index is 1.82. The topological polar surface area (TPSA) is 80.2 Å². The quantitative estimate of drug-likeness (QED) is 0.330. The smallest absolute Gasteiger partial charge is 0.185 e. The van der Waals surface area contributed by atoms with Gasteiger partial charge in [0.25, 0.3) is 0 Å². The Hall–Kier alpha value is -3.34. The predicted octanol–water partition coefficient (Wildman–Crippen LogP) is 4.55. The SMILES string of the molecule is CCc1nc(Cc2ccc(-c3ccccc3)cc2)nc(C(=O)CCCC=O)c1O. The van der Waals surface area contributed by atoms with Crippen LogP contribution in [0.3, 0.4) is 0 Å². The summed E-state index contributed by atoms with van der Waals surface area (Å²) in [6.45, 7) is 1.88. The van der Waals surface area contributed by atoms with Crippen LogP contribution in [0.15, 0.2) is 54.6 Å². The molecule has 0 radical (unpaired) electrons. The van der Waals surface area contributed by atoms with Crippen molar-refractivity contribution in [3.05, 3.63) is 77.4 Å². The molecule has 5 heteroatoms. The number of nitrogens with zero attached hydrogens (tertiary/aromatic N) is 2. The normalized spacial score (nSPS) is 10.7. The van der Waals surface area contributed by atoms with Crippen LogP contribution in [0.25, 0.3) is 11.1 Å². The molecule has 29 heavy (non-hydrogen) atoms. The predicted molar refractivity (Wildman–Crippen MR) is 112 cm³/mol. The zero-order chi connectivity index (χ0) is 20.6. The lowest BCUT2D eigenvalue weighted by molar-refractivity contribution is -0.107. The standard InChI is InChI=1S/C24H24N2O3/c1-2-20-24(29)23(21(28)10-6-7-15-27)26-22(25-20)16-17-11-13-19(14-12-17)18-8-4-3-5-9-18/h3-5,8-9,11-15,29H,2,6-7,10,16H2,1H3. The van der Waals surface area contributed by atoms with Gasteiger partial charge in [-0.1, -0.05) is 61.5 Å². The van der Waals surface area contributed by atoms with E-state index < -0.39 is 0 Å². The molecular weight excluding hydrogens is 364 g/mol. The van der Waals surface area contributed by atoms with Crippen molar-refractivity contribution in [2.24, 2.45) is 0 Å². The fourth-order valence-corrected chi connectivity index (χ4v) is 3.16. The van der Waals surface area contributed by atoms with E-state index in [0.717, 1.165) is 23.0 Å². The second-order valence-corrected chi connectivity index (χ2v) is 6.86. The molecule has 0 bridgehead atoms. The molecule has 0 amide bonds. The second kappa shape index (κ2) is 9.73. The van der Waals surface area contributed by atoms with E-state index in [4.69, 9.17) is 0 Å². The Bertz CT molecular complexity index is 983. The number of aromatic hydroxyl groups is 1. The van der Waals surface area contributed by atoms with Gasteiger partial charge < -0.3 is 9.90 Å². The van der Waals surface area contributed by atoms with Crippen molar-refractivity contribution in [2.75, 3.05) is 0 Å². The molecule has 1 aromatic heterocycles. The van der Waals surface area contributed by atoms with Gasteiger partial charge in [0.1, 0.15) is 12.1 Å². The molecule has 0 atom stereocenters. The van der Waals surface area contributed by atoms with Gasteiger partial charge in [-0.3, -0.25) is 4.79 Å². The number of carbonyl (C=O) groups excluding carboxylic acids is 2. The summed E-state index contributed by atoms with van der Waals surface area (Å²) in [5.74, 6) is 0.0970. The van der Waals surface area contributed by atoms with Crippen LogP contribution in [0.2, 0.25) is 0 Å². The van der Waals surface area contributed by atoms with Crippen LogP contribution in [0.5, 0.6) is 5.75 Å². The van der Waals surface area contributed by atoms with E-state index in [-0.39, 0.29) is 23.6 Å². The molecule has 0 aliphatic carbocycles. The molecule has 0 fully saturated rings. The number of carbonyl (C=O) groups is 2. The third-order valence-electron chi connectivity index (χ3n) is 4.75. The number of aromatic nitrogens is 2. The van der Waals surface area contributed by atoms with E-state index in [2.05, 4.69) is 34.2 Å². The van der Waals surface area contributed by atoms with E-state index in [1.807, 2.05) is 37.3 Å². The van der Waals surface area contributed by atoms with Crippen LogP contribution in [0, 0.1) is 0 Å². The highest BCUT2D eigenvalue weighted by atomic mass is 16.3. The van der Waals surface area contributed by atoms with Crippen LogP contribution >= 0.6 is 0 Å². The van der Waals surface area contributed by atoms with Crippen molar-refractivity contribution in [3.63, 3.8) is 0 Å². The van der Waals surface area contributed by atoms with Gasteiger partial charge in [0.15, 0.2) is 17.2 Å². The highest BCUT2D eigenvalue weighted by Crippen LogP contribution is 2.24. The molecule has 1 N–H and O–H groups in total. The number of unbranched alkanes of at least 4 members (excludes halogenated alkanes) is 1. The van der Waals surface area contributed by atoms with Gasteiger partial charge in [-0.15, -0.1) is 0 Å². The Kier molecular flexibility index (Phi) is 6.85. The van der Waals surface area contributed by atoms with Crippen molar-refractivity contribution >= 4 is 12.1 Å². The molecule has 1 heterocycles. The lowest BCUT2D eigenvalue weighted by Crippen LogP contribution is -2.10. The molecule has 0 aliphatic rings. The second-order valence-electron chi connectivity index (χ2n) is 6.86. The summed E-state index contributed by atoms with van der Waals surface area (Å²) in [7, 11) is 0. The third kappa shape index (κ3) is 5.13. The number of ketones is 1. The van der Waals surface area contributed by atoms with Gasteiger partial charge in [0, 0.05) is 19.3 Å². The zero-order valence-electron chi connectivity index (χ0n) is 16.5. The maximum atomic E-state index is 12.4. The third-order valence-corrected chi connectivity index (χ3v) is 4.75. The largest absolute Gasteiger partial charge is 0.504 e. The summed E-state index contributed by atoms with van der Waals surface area (Å²) in [5, 5.41) is 10.4. The van der Waals surface area contributed by atoms with E-state index >= 15 is 0 Å². The number of aryl methyl sites for hydroxylation is 1. The van der Waals surface area contributed by atoms with Gasteiger partial charge in [-0.25, -0.2) is 9.97 Å². The summed E-state index contributed by atoms with van der Waals surface area (Å²) in [6.07, 6.45) is 2.70. The lowest BCUT2D eigenvalue weighted by atomic mass is 10.0. The molecule has 0 spiro atoms. The first-order valence-electron chi connectivity index (χ1n) is 9.82. The minimum atomic E-state index is -0.262. The fourth-order valence-electron chi connectivity index (χ4n) is 3.16. The first-order chi connectivity index (χ1) is 14.1. The highest BCUT2D eigenvalue weighted by molar-refractivity contribution is 5.97. The molecule has 0 saturated heterocycles. The number of hydrogen-bond donors (Lipinski definition) is 1. The number of benzene rings is 2. The van der Waals surface area contributed by atoms with Crippen LogP contribution < -0.4 is 0 Å². The molecule has 5 nitrogen and oxygen atoms in total. The van der Waals surface area contributed by atoms with Gasteiger partial charge in [-0.05, 0) is 29.5 Å². The summed E-state index contributed by atoms with van der Waals surface area (Å²) >= 11 is 0. The monoisotopic (exact) mass is 388 g/mol. The van der Waals surface area contributed by atoms with Gasteiger partial charge in [0.2, 0.25) is 0 Å². The average Bonchev–Trinajstić information content (AvgIpc) is 2.76. The maximum Gasteiger partial charge on any atom is 0.185 e. The first kappa shape index (κ1) is 20.4. The number of rotatable bonds is 9. The van der Waals surface area contributed by atoms with Crippen LogP contribution in [0.1, 0.15) is 53.8 Å². The summed E-state index contributed by atoms with van der Waals surface area (Å²) in [4.78, 5) is 31.7. The molecule has 148 valence electrons. The van der Waals surface area contributed by atoms with Crippen molar-refractivity contribution in [3.8, 4) is 16.9 Å². The molecule has 0 aliphatic heterocycles. The van der Waals surface area contributed by atoms with Crippen molar-refractivity contribution < 1.29 is 14.7 Å². The Morgan fingerprint density at radius 3 is 2.34 bits per heavy atom. The maximum absolute atomic E-state index is 12.4. The van der Waals surface area contributed by atoms with Gasteiger partial charge in [0.05, 0.1) is 5.69 Å². The summed E-state index contributed by atoms with van der Waals surface area (Å²) in [5.41, 5.74) is 3.82. The van der Waals surface area contributed by atoms with Gasteiger partial charge in [-0.2, -0.15) is 0 Å². The Labute approximate surface area is 170 Å². The van der Waals surface area contributed by atoms with Crippen molar-refractivity contribution in [2.45, 2.75) is 39.0 Å². The van der Waals surface area contributed by atoms with E-state index in [1.54, 1.807) is 0 Å². The van der Waals surface area contributed by atoms with E-state index in [9.17, 15) is 14.7 Å². The molecular formula is C24H24N2O3. The van der Waals surface area contributed by atoms with E-state index in [0.29, 0.717) is 37.2 Å². The molecule has 2 aromatic carbocycles. The molecule has 0 unspecified atom stereocenters.